The first-order chi connectivity index (χ1) is 6.63. The van der Waals surface area contributed by atoms with E-state index in [9.17, 15) is 4.39 Å². The molecular weight excluding hydrogens is 247 g/mol. The molecule has 2 N–H and O–H groups in total. The zero-order valence-corrected chi connectivity index (χ0v) is 9.72. The molecular formula is C10H14BrFN2. The smallest absolute Gasteiger partial charge is 0.137 e. The molecule has 0 amide bonds. The van der Waals surface area contributed by atoms with Crippen molar-refractivity contribution in [1.82, 2.24) is 4.90 Å². The Morgan fingerprint density at radius 3 is 2.79 bits per heavy atom. The van der Waals surface area contributed by atoms with E-state index in [0.717, 1.165) is 18.7 Å². The summed E-state index contributed by atoms with van der Waals surface area (Å²) < 4.78 is 13.4. The molecule has 0 aliphatic heterocycles. The first-order valence-corrected chi connectivity index (χ1v) is 5.25. The van der Waals surface area contributed by atoms with Gasteiger partial charge in [0, 0.05) is 19.6 Å². The zero-order chi connectivity index (χ0) is 10.6. The summed E-state index contributed by atoms with van der Waals surface area (Å²) in [7, 11) is 1.99. The summed E-state index contributed by atoms with van der Waals surface area (Å²) in [6.07, 6.45) is 0. The predicted molar refractivity (Wildman–Crippen MR) is 59.5 cm³/mol. The molecule has 0 heterocycles. The third-order valence-electron chi connectivity index (χ3n) is 1.95. The maximum absolute atomic E-state index is 12.9. The van der Waals surface area contributed by atoms with Crippen LogP contribution in [0, 0.1) is 5.82 Å². The maximum atomic E-state index is 12.9. The molecule has 0 fully saturated rings. The second-order valence-electron chi connectivity index (χ2n) is 3.27. The zero-order valence-electron chi connectivity index (χ0n) is 8.13. The van der Waals surface area contributed by atoms with E-state index in [1.807, 2.05) is 7.05 Å². The number of rotatable bonds is 4. The SMILES string of the molecule is CN(CCN)Cc1ccc(F)c(Br)c1. The van der Waals surface area contributed by atoms with Crippen LogP contribution >= 0.6 is 15.9 Å². The Bertz CT molecular complexity index is 304. The Morgan fingerprint density at radius 1 is 1.50 bits per heavy atom. The van der Waals surface area contributed by atoms with Crippen molar-refractivity contribution in [3.63, 3.8) is 0 Å². The number of hydrogen-bond acceptors (Lipinski definition) is 2. The quantitative estimate of drug-likeness (QED) is 0.898. The van der Waals surface area contributed by atoms with Crippen LogP contribution in [0.3, 0.4) is 0 Å². The number of benzene rings is 1. The van der Waals surface area contributed by atoms with Crippen molar-refractivity contribution in [2.75, 3.05) is 20.1 Å². The van der Waals surface area contributed by atoms with Gasteiger partial charge in [-0.3, -0.25) is 0 Å². The van der Waals surface area contributed by atoms with Gasteiger partial charge >= 0.3 is 0 Å². The second kappa shape index (κ2) is 5.44. The van der Waals surface area contributed by atoms with Crippen LogP contribution in [0.2, 0.25) is 0 Å². The number of nitrogens with zero attached hydrogens (tertiary/aromatic N) is 1. The van der Waals surface area contributed by atoms with Gasteiger partial charge in [-0.05, 0) is 40.7 Å². The highest BCUT2D eigenvalue weighted by Gasteiger charge is 2.02. The summed E-state index contributed by atoms with van der Waals surface area (Å²) in [5.41, 5.74) is 6.50. The Morgan fingerprint density at radius 2 is 2.21 bits per heavy atom. The van der Waals surface area contributed by atoms with Crippen molar-refractivity contribution < 1.29 is 4.39 Å². The van der Waals surface area contributed by atoms with E-state index < -0.39 is 0 Å². The molecule has 2 nitrogen and oxygen atoms in total. The van der Waals surface area contributed by atoms with Crippen LogP contribution in [-0.2, 0) is 6.54 Å². The summed E-state index contributed by atoms with van der Waals surface area (Å²) in [6, 6.07) is 5.05. The van der Waals surface area contributed by atoms with Crippen molar-refractivity contribution >= 4 is 15.9 Å². The van der Waals surface area contributed by atoms with Crippen molar-refractivity contribution in [1.29, 1.82) is 0 Å². The molecule has 0 unspecified atom stereocenters. The lowest BCUT2D eigenvalue weighted by molar-refractivity contribution is 0.336. The van der Waals surface area contributed by atoms with Crippen LogP contribution in [0.4, 0.5) is 4.39 Å². The molecule has 0 aliphatic carbocycles. The topological polar surface area (TPSA) is 29.3 Å². The third-order valence-corrected chi connectivity index (χ3v) is 2.56. The molecule has 0 bridgehead atoms. The lowest BCUT2D eigenvalue weighted by Gasteiger charge is -2.15. The number of nitrogens with two attached hydrogens (primary N) is 1. The van der Waals surface area contributed by atoms with Crippen molar-refractivity contribution in [2.45, 2.75) is 6.54 Å². The average Bonchev–Trinajstić information content (AvgIpc) is 2.12. The van der Waals surface area contributed by atoms with Crippen LogP contribution in [0.15, 0.2) is 22.7 Å². The van der Waals surface area contributed by atoms with Gasteiger partial charge in [-0.15, -0.1) is 0 Å². The van der Waals surface area contributed by atoms with Gasteiger partial charge in [0.25, 0.3) is 0 Å². The molecule has 0 spiro atoms. The molecule has 0 saturated carbocycles. The van der Waals surface area contributed by atoms with Crippen LogP contribution in [0.1, 0.15) is 5.56 Å². The van der Waals surface area contributed by atoms with E-state index in [1.165, 1.54) is 6.07 Å². The van der Waals surface area contributed by atoms with Gasteiger partial charge in [0.05, 0.1) is 4.47 Å². The van der Waals surface area contributed by atoms with Gasteiger partial charge in [0.1, 0.15) is 5.82 Å². The third kappa shape index (κ3) is 3.36. The van der Waals surface area contributed by atoms with Crippen LogP contribution in [-0.4, -0.2) is 25.0 Å². The number of halogens is 2. The number of hydrogen-bond donors (Lipinski definition) is 1. The molecule has 0 aromatic heterocycles. The van der Waals surface area contributed by atoms with E-state index in [1.54, 1.807) is 12.1 Å². The molecule has 0 aliphatic rings. The minimum atomic E-state index is -0.227. The molecule has 14 heavy (non-hydrogen) atoms. The standard InChI is InChI=1S/C10H14BrFN2/c1-14(5-4-13)7-8-2-3-10(12)9(11)6-8/h2-3,6H,4-5,7,13H2,1H3. The van der Waals surface area contributed by atoms with E-state index in [2.05, 4.69) is 20.8 Å². The summed E-state index contributed by atoms with van der Waals surface area (Å²) in [5.74, 6) is -0.227. The first kappa shape index (κ1) is 11.6. The minimum Gasteiger partial charge on any atom is -0.329 e. The Labute approximate surface area is 92.0 Å². The second-order valence-corrected chi connectivity index (χ2v) is 4.13. The highest BCUT2D eigenvalue weighted by molar-refractivity contribution is 9.10. The molecule has 4 heteroatoms. The van der Waals surface area contributed by atoms with Crippen molar-refractivity contribution in [2.24, 2.45) is 5.73 Å². The average molecular weight is 261 g/mol. The van der Waals surface area contributed by atoms with Gasteiger partial charge in [-0.1, -0.05) is 6.07 Å². The minimum absolute atomic E-state index is 0.227. The highest BCUT2D eigenvalue weighted by atomic mass is 79.9. The highest BCUT2D eigenvalue weighted by Crippen LogP contribution is 2.17. The first-order valence-electron chi connectivity index (χ1n) is 4.46. The van der Waals surface area contributed by atoms with Crippen molar-refractivity contribution in [3.05, 3.63) is 34.1 Å². The number of likely N-dealkylation sites (N-methyl/N-ethyl adjacent to an activating group) is 1. The van der Waals surface area contributed by atoms with Crippen LogP contribution in [0.25, 0.3) is 0 Å². The Kier molecular flexibility index (Phi) is 4.51. The van der Waals surface area contributed by atoms with Gasteiger partial charge in [0.2, 0.25) is 0 Å². The normalized spacial score (nSPS) is 10.9. The van der Waals surface area contributed by atoms with Gasteiger partial charge in [0.15, 0.2) is 0 Å². The van der Waals surface area contributed by atoms with E-state index in [-0.39, 0.29) is 5.82 Å². The fourth-order valence-corrected chi connectivity index (χ4v) is 1.68. The Balaban J connectivity index is 2.63. The molecule has 0 atom stereocenters. The lowest BCUT2D eigenvalue weighted by Crippen LogP contribution is -2.24. The van der Waals surface area contributed by atoms with E-state index in [0.29, 0.717) is 11.0 Å². The van der Waals surface area contributed by atoms with E-state index in [4.69, 9.17) is 5.73 Å². The summed E-state index contributed by atoms with van der Waals surface area (Å²) in [5, 5.41) is 0. The molecule has 78 valence electrons. The fraction of sp³-hybridized carbons (Fsp3) is 0.400. The van der Waals surface area contributed by atoms with Gasteiger partial charge < -0.3 is 10.6 Å². The molecule has 1 aromatic carbocycles. The summed E-state index contributed by atoms with van der Waals surface area (Å²) in [4.78, 5) is 2.10. The maximum Gasteiger partial charge on any atom is 0.137 e. The van der Waals surface area contributed by atoms with Gasteiger partial charge in [-0.25, -0.2) is 4.39 Å². The predicted octanol–water partition coefficient (Wildman–Crippen LogP) is 1.98. The summed E-state index contributed by atoms with van der Waals surface area (Å²) in [6.45, 7) is 2.27. The molecule has 1 aromatic rings. The van der Waals surface area contributed by atoms with Crippen molar-refractivity contribution in [3.8, 4) is 0 Å². The molecule has 0 saturated heterocycles. The van der Waals surface area contributed by atoms with E-state index >= 15 is 0 Å². The molecule has 1 rings (SSSR count). The largest absolute Gasteiger partial charge is 0.329 e. The van der Waals surface area contributed by atoms with Crippen LogP contribution in [0.5, 0.6) is 0 Å². The van der Waals surface area contributed by atoms with Crippen LogP contribution < -0.4 is 5.73 Å². The Hall–Kier alpha value is -0.450. The monoisotopic (exact) mass is 260 g/mol. The summed E-state index contributed by atoms with van der Waals surface area (Å²) >= 11 is 3.16. The van der Waals surface area contributed by atoms with Gasteiger partial charge in [-0.2, -0.15) is 0 Å². The molecule has 0 radical (unpaired) electrons. The lowest BCUT2D eigenvalue weighted by atomic mass is 10.2. The fourth-order valence-electron chi connectivity index (χ4n) is 1.25.